The number of aromatic nitrogens is 1. The van der Waals surface area contributed by atoms with E-state index < -0.39 is 11.3 Å². The Hall–Kier alpha value is -1.36. The zero-order valence-corrected chi connectivity index (χ0v) is 15.1. The van der Waals surface area contributed by atoms with Crippen molar-refractivity contribution >= 4 is 22.5 Å². The summed E-state index contributed by atoms with van der Waals surface area (Å²) in [4.78, 5) is 4.42. The number of hydrogen-bond donors (Lipinski definition) is 2. The van der Waals surface area contributed by atoms with Gasteiger partial charge in [-0.15, -0.1) is 0 Å². The van der Waals surface area contributed by atoms with Crippen LogP contribution in [0.1, 0.15) is 37.8 Å². The number of aliphatic hydroxyl groups is 1. The second kappa shape index (κ2) is 5.32. The van der Waals surface area contributed by atoms with Gasteiger partial charge in [0.05, 0.1) is 5.52 Å². The van der Waals surface area contributed by atoms with Crippen molar-refractivity contribution in [1.82, 2.24) is 10.3 Å². The van der Waals surface area contributed by atoms with E-state index in [1.807, 2.05) is 39.0 Å². The van der Waals surface area contributed by atoms with Gasteiger partial charge in [-0.3, -0.25) is 5.32 Å². The molecule has 1 aliphatic carbocycles. The van der Waals surface area contributed by atoms with E-state index in [0.717, 1.165) is 34.3 Å². The molecular weight excluding hydrogens is 324 g/mol. The Morgan fingerprint density at radius 3 is 2.79 bits per heavy atom. The first kappa shape index (κ1) is 16.1. The quantitative estimate of drug-likeness (QED) is 0.658. The maximum atomic E-state index is 11.2. The minimum absolute atomic E-state index is 0.485. The molecule has 0 bridgehead atoms. The lowest BCUT2D eigenvalue weighted by Crippen LogP contribution is -2.66. The van der Waals surface area contributed by atoms with Crippen LogP contribution in [0.25, 0.3) is 10.9 Å². The van der Waals surface area contributed by atoms with Crippen LogP contribution in [0.2, 0.25) is 5.15 Å². The maximum Gasteiger partial charge on any atom is 0.159 e. The van der Waals surface area contributed by atoms with Crippen LogP contribution in [0.15, 0.2) is 18.2 Å². The molecule has 2 N–H and O–H groups in total. The molecule has 0 amide bonds. The molecule has 1 aromatic heterocycles. The molecule has 4 rings (SSSR count). The first-order valence-electron chi connectivity index (χ1n) is 8.54. The number of fused-ring (bicyclic) bond motifs is 2. The highest BCUT2D eigenvalue weighted by molar-refractivity contribution is 6.29. The van der Waals surface area contributed by atoms with Gasteiger partial charge in [-0.1, -0.05) is 11.6 Å². The highest BCUT2D eigenvalue weighted by atomic mass is 35.5. The molecule has 2 aliphatic rings. The fourth-order valence-electron chi connectivity index (χ4n) is 3.42. The van der Waals surface area contributed by atoms with Crippen LogP contribution in [-0.4, -0.2) is 28.0 Å². The standard InChI is InChI=1S/C19H23ClN2O2/c1-11-6-17(20)22-15-7-13-9-19(23,21-10-12-4-5-12)18(2,3)24-16(13)8-14(11)15/h6-8,12,21,23H,4-5,9-10H2,1-3H3. The molecule has 1 unspecified atom stereocenters. The summed E-state index contributed by atoms with van der Waals surface area (Å²) in [5.41, 5.74) is 1.07. The summed E-state index contributed by atoms with van der Waals surface area (Å²) in [7, 11) is 0. The van der Waals surface area contributed by atoms with Gasteiger partial charge in [-0.25, -0.2) is 4.98 Å². The van der Waals surface area contributed by atoms with Gasteiger partial charge in [-0.2, -0.15) is 0 Å². The number of ether oxygens (including phenoxy) is 1. The summed E-state index contributed by atoms with van der Waals surface area (Å²) >= 11 is 6.10. The van der Waals surface area contributed by atoms with Crippen LogP contribution in [0.5, 0.6) is 5.75 Å². The number of hydrogen-bond acceptors (Lipinski definition) is 4. The molecular formula is C19H23ClN2O2. The normalized spacial score (nSPS) is 25.4. The smallest absolute Gasteiger partial charge is 0.159 e. The van der Waals surface area contributed by atoms with Gasteiger partial charge < -0.3 is 9.84 Å². The Labute approximate surface area is 147 Å². The van der Waals surface area contributed by atoms with Crippen molar-refractivity contribution in [2.24, 2.45) is 5.92 Å². The SMILES string of the molecule is Cc1cc(Cl)nc2cc3c(cc12)OC(C)(C)C(O)(NCC1CC1)C3. The highest BCUT2D eigenvalue weighted by Crippen LogP contribution is 2.41. The summed E-state index contributed by atoms with van der Waals surface area (Å²) in [6.07, 6.45) is 2.98. The van der Waals surface area contributed by atoms with Gasteiger partial charge in [0.15, 0.2) is 5.72 Å². The van der Waals surface area contributed by atoms with Crippen molar-refractivity contribution in [2.75, 3.05) is 6.54 Å². The van der Waals surface area contributed by atoms with Crippen LogP contribution < -0.4 is 10.1 Å². The first-order valence-corrected chi connectivity index (χ1v) is 8.91. The molecule has 0 radical (unpaired) electrons. The van der Waals surface area contributed by atoms with Crippen LogP contribution in [0.3, 0.4) is 0 Å². The molecule has 1 atom stereocenters. The molecule has 1 saturated carbocycles. The second-order valence-electron chi connectivity index (χ2n) is 7.71. The predicted molar refractivity (Wildman–Crippen MR) is 95.6 cm³/mol. The van der Waals surface area contributed by atoms with Crippen LogP contribution in [-0.2, 0) is 6.42 Å². The van der Waals surface area contributed by atoms with E-state index in [4.69, 9.17) is 16.3 Å². The molecule has 0 saturated heterocycles. The molecule has 5 heteroatoms. The fourth-order valence-corrected chi connectivity index (χ4v) is 3.67. The van der Waals surface area contributed by atoms with E-state index in [1.165, 1.54) is 12.8 Å². The lowest BCUT2D eigenvalue weighted by molar-refractivity contribution is -0.148. The van der Waals surface area contributed by atoms with Crippen molar-refractivity contribution < 1.29 is 9.84 Å². The summed E-state index contributed by atoms with van der Waals surface area (Å²) in [6, 6.07) is 5.87. The van der Waals surface area contributed by atoms with Gasteiger partial charge in [0.1, 0.15) is 16.5 Å². The summed E-state index contributed by atoms with van der Waals surface area (Å²) in [5, 5.41) is 16.1. The average molecular weight is 347 g/mol. The third-order valence-corrected chi connectivity index (χ3v) is 5.55. The summed E-state index contributed by atoms with van der Waals surface area (Å²) in [5.74, 6) is 1.50. The van der Waals surface area contributed by atoms with Crippen LogP contribution in [0.4, 0.5) is 0 Å². The zero-order valence-electron chi connectivity index (χ0n) is 14.3. The van der Waals surface area contributed by atoms with Crippen molar-refractivity contribution in [3.8, 4) is 5.75 Å². The Morgan fingerprint density at radius 2 is 2.08 bits per heavy atom. The molecule has 1 fully saturated rings. The molecule has 0 spiro atoms. The number of benzene rings is 1. The van der Waals surface area contributed by atoms with Gasteiger partial charge in [0.25, 0.3) is 0 Å². The van der Waals surface area contributed by atoms with E-state index in [1.54, 1.807) is 0 Å². The number of nitrogens with zero attached hydrogens (tertiary/aromatic N) is 1. The van der Waals surface area contributed by atoms with Gasteiger partial charge >= 0.3 is 0 Å². The molecule has 2 heterocycles. The Bertz CT molecular complexity index is 817. The Balaban J connectivity index is 1.75. The third-order valence-electron chi connectivity index (χ3n) is 5.35. The first-order chi connectivity index (χ1) is 11.3. The highest BCUT2D eigenvalue weighted by Gasteiger charge is 2.49. The molecule has 24 heavy (non-hydrogen) atoms. The summed E-state index contributed by atoms with van der Waals surface area (Å²) < 4.78 is 6.21. The van der Waals surface area contributed by atoms with Gasteiger partial charge in [0, 0.05) is 23.9 Å². The third kappa shape index (κ3) is 2.67. The van der Waals surface area contributed by atoms with E-state index in [-0.39, 0.29) is 0 Å². The van der Waals surface area contributed by atoms with Crippen molar-refractivity contribution in [1.29, 1.82) is 0 Å². The number of nitrogens with one attached hydrogen (secondary N) is 1. The van der Waals surface area contributed by atoms with Crippen LogP contribution >= 0.6 is 11.6 Å². The number of halogens is 1. The average Bonchev–Trinajstić information content (AvgIpc) is 3.29. The minimum atomic E-state index is -1.09. The van der Waals surface area contributed by atoms with E-state index in [0.29, 0.717) is 17.5 Å². The molecule has 1 aliphatic heterocycles. The van der Waals surface area contributed by atoms with Crippen molar-refractivity contribution in [2.45, 2.75) is 51.4 Å². The molecule has 2 aromatic rings. The van der Waals surface area contributed by atoms with Crippen LogP contribution in [0, 0.1) is 12.8 Å². The largest absolute Gasteiger partial charge is 0.483 e. The van der Waals surface area contributed by atoms with E-state index in [2.05, 4.69) is 10.3 Å². The molecule has 4 nitrogen and oxygen atoms in total. The monoisotopic (exact) mass is 346 g/mol. The fraction of sp³-hybridized carbons (Fsp3) is 0.526. The molecule has 1 aromatic carbocycles. The van der Waals surface area contributed by atoms with Gasteiger partial charge in [0.2, 0.25) is 0 Å². The predicted octanol–water partition coefficient (Wildman–Crippen LogP) is 3.60. The van der Waals surface area contributed by atoms with E-state index >= 15 is 0 Å². The van der Waals surface area contributed by atoms with Gasteiger partial charge in [-0.05, 0) is 63.3 Å². The molecule has 128 valence electrons. The number of rotatable bonds is 3. The zero-order chi connectivity index (χ0) is 17.1. The second-order valence-corrected chi connectivity index (χ2v) is 8.10. The lowest BCUT2D eigenvalue weighted by atomic mass is 9.84. The Kier molecular flexibility index (Phi) is 3.57. The topological polar surface area (TPSA) is 54.4 Å². The lowest BCUT2D eigenvalue weighted by Gasteiger charge is -2.47. The maximum absolute atomic E-state index is 11.2. The van der Waals surface area contributed by atoms with Crippen molar-refractivity contribution in [3.05, 3.63) is 34.5 Å². The van der Waals surface area contributed by atoms with E-state index in [9.17, 15) is 5.11 Å². The minimum Gasteiger partial charge on any atom is -0.483 e. The number of pyridine rings is 1. The summed E-state index contributed by atoms with van der Waals surface area (Å²) in [6.45, 7) is 6.72. The number of aryl methyl sites for hydroxylation is 1. The van der Waals surface area contributed by atoms with Crippen molar-refractivity contribution in [3.63, 3.8) is 0 Å². The Morgan fingerprint density at radius 1 is 1.33 bits per heavy atom.